The zero-order valence-corrected chi connectivity index (χ0v) is 33.2. The van der Waals surface area contributed by atoms with Crippen molar-refractivity contribution in [2.45, 2.75) is 109 Å². The van der Waals surface area contributed by atoms with Gasteiger partial charge in [0.25, 0.3) is 11.8 Å². The highest BCUT2D eigenvalue weighted by Crippen LogP contribution is 2.48. The molecule has 0 unspecified atom stereocenters. The molecule has 2 saturated carbocycles. The summed E-state index contributed by atoms with van der Waals surface area (Å²) in [5, 5.41) is 5.21. The van der Waals surface area contributed by atoms with Gasteiger partial charge in [-0.1, -0.05) is 25.3 Å². The lowest BCUT2D eigenvalue weighted by atomic mass is 9.81. The second kappa shape index (κ2) is 15.4. The number of aromatic nitrogens is 3. The standard InChI is InChI=1S/C42H53N5O6S/c1-26(2)45(19-20-52-5)42(49)36-24-43-47(32-13-10-14-32)39(36)31-21-30-22-33(53-6)16-18-34(30)40-38(28-11-8-7-9-12-28)35-17-15-29(23-37(35)46(40)25-31)41(48)44-54(50,51)27(3)4/h15-18,21-24,26-28,32H,7-14,19-20,25H2,1-6H3,(H,44,48). The number of nitrogens with zero attached hydrogens (tertiary/aromatic N) is 4. The molecule has 2 fully saturated rings. The fraction of sp³-hybridized carbons (Fsp3) is 0.500. The van der Waals surface area contributed by atoms with Crippen molar-refractivity contribution in [1.82, 2.24) is 24.0 Å². The zero-order valence-electron chi connectivity index (χ0n) is 32.4. The van der Waals surface area contributed by atoms with Gasteiger partial charge in [-0.05, 0) is 119 Å². The van der Waals surface area contributed by atoms with Gasteiger partial charge in [0.1, 0.15) is 5.75 Å². The van der Waals surface area contributed by atoms with E-state index in [1.807, 2.05) is 36.9 Å². The van der Waals surface area contributed by atoms with E-state index < -0.39 is 21.2 Å². The minimum atomic E-state index is -3.84. The van der Waals surface area contributed by atoms with Crippen LogP contribution in [0.5, 0.6) is 5.75 Å². The fourth-order valence-corrected chi connectivity index (χ4v) is 8.93. The van der Waals surface area contributed by atoms with Gasteiger partial charge in [0, 0.05) is 41.7 Å². The first-order valence-corrected chi connectivity index (χ1v) is 21.0. The minimum Gasteiger partial charge on any atom is -0.497 e. The number of rotatable bonds is 12. The van der Waals surface area contributed by atoms with Gasteiger partial charge in [-0.25, -0.2) is 13.1 Å². The highest BCUT2D eigenvalue weighted by atomic mass is 32.2. The molecule has 7 rings (SSSR count). The summed E-state index contributed by atoms with van der Waals surface area (Å²) < 4.78 is 43.4. The summed E-state index contributed by atoms with van der Waals surface area (Å²) in [5.74, 6) is 0.293. The number of hydrogen-bond donors (Lipinski definition) is 1. The molecular weight excluding hydrogens is 703 g/mol. The van der Waals surface area contributed by atoms with Crippen molar-refractivity contribution < 1.29 is 27.5 Å². The normalized spacial score (nSPS) is 16.5. The van der Waals surface area contributed by atoms with Gasteiger partial charge in [0.05, 0.1) is 54.7 Å². The molecule has 2 amide bonds. The Morgan fingerprint density at radius 1 is 0.963 bits per heavy atom. The average molecular weight is 756 g/mol. The smallest absolute Gasteiger partial charge is 0.264 e. The van der Waals surface area contributed by atoms with Crippen LogP contribution in [0.3, 0.4) is 0 Å². The molecule has 11 nitrogen and oxygen atoms in total. The Balaban J connectivity index is 1.47. The maximum Gasteiger partial charge on any atom is 0.264 e. The Morgan fingerprint density at radius 3 is 2.37 bits per heavy atom. The lowest BCUT2D eigenvalue weighted by Gasteiger charge is -2.30. The van der Waals surface area contributed by atoms with E-state index in [-0.39, 0.29) is 23.6 Å². The average Bonchev–Trinajstić information content (AvgIpc) is 3.64. The molecule has 4 aromatic rings. The highest BCUT2D eigenvalue weighted by Gasteiger charge is 2.35. The molecular formula is C42H53N5O6S. The largest absolute Gasteiger partial charge is 0.497 e. The van der Waals surface area contributed by atoms with E-state index in [9.17, 15) is 18.0 Å². The van der Waals surface area contributed by atoms with Crippen LogP contribution in [0.15, 0.2) is 42.6 Å². The predicted molar refractivity (Wildman–Crippen MR) is 212 cm³/mol. The first kappa shape index (κ1) is 37.9. The molecule has 0 atom stereocenters. The molecule has 3 aliphatic rings. The molecule has 0 radical (unpaired) electrons. The maximum atomic E-state index is 14.5. The number of carbonyl (C=O) groups is 2. The fourth-order valence-electron chi connectivity index (χ4n) is 8.32. The number of sulfonamides is 1. The molecule has 1 aliphatic heterocycles. The van der Waals surface area contributed by atoms with E-state index in [0.717, 1.165) is 89.7 Å². The van der Waals surface area contributed by atoms with Gasteiger partial charge in [-0.2, -0.15) is 5.10 Å². The molecule has 0 spiro atoms. The first-order chi connectivity index (χ1) is 25.9. The highest BCUT2D eigenvalue weighted by molar-refractivity contribution is 7.90. The number of carbonyl (C=O) groups excluding carboxylic acids is 2. The lowest BCUT2D eigenvalue weighted by Crippen LogP contribution is -2.39. The van der Waals surface area contributed by atoms with Crippen LogP contribution >= 0.6 is 0 Å². The molecule has 2 aromatic heterocycles. The topological polar surface area (TPSA) is 125 Å². The lowest BCUT2D eigenvalue weighted by molar-refractivity contribution is 0.0634. The van der Waals surface area contributed by atoms with E-state index in [0.29, 0.717) is 31.2 Å². The van der Waals surface area contributed by atoms with E-state index >= 15 is 0 Å². The van der Waals surface area contributed by atoms with Crippen LogP contribution in [0.1, 0.15) is 129 Å². The number of hydrogen-bond acceptors (Lipinski definition) is 7. The van der Waals surface area contributed by atoms with Crippen molar-refractivity contribution in [2.75, 3.05) is 27.4 Å². The van der Waals surface area contributed by atoms with Crippen LogP contribution in [-0.4, -0.2) is 78.1 Å². The third-order valence-electron chi connectivity index (χ3n) is 11.6. The molecule has 288 valence electrons. The molecule has 2 aromatic carbocycles. The predicted octanol–water partition coefficient (Wildman–Crippen LogP) is 7.81. The summed E-state index contributed by atoms with van der Waals surface area (Å²) in [5.41, 5.74) is 7.75. The number of allylic oxidation sites excluding steroid dienone is 1. The number of ether oxygens (including phenoxy) is 2. The van der Waals surface area contributed by atoms with Gasteiger partial charge in [0.15, 0.2) is 0 Å². The van der Waals surface area contributed by atoms with Crippen LogP contribution in [0, 0.1) is 0 Å². The van der Waals surface area contributed by atoms with Crippen molar-refractivity contribution in [3.05, 3.63) is 70.5 Å². The van der Waals surface area contributed by atoms with Crippen molar-refractivity contribution in [3.63, 3.8) is 0 Å². The van der Waals surface area contributed by atoms with Crippen LogP contribution in [-0.2, 0) is 21.3 Å². The molecule has 54 heavy (non-hydrogen) atoms. The van der Waals surface area contributed by atoms with Crippen molar-refractivity contribution >= 4 is 44.4 Å². The minimum absolute atomic E-state index is 0.0530. The molecule has 12 heteroatoms. The Labute approximate surface area is 318 Å². The van der Waals surface area contributed by atoms with Crippen LogP contribution in [0.4, 0.5) is 0 Å². The Kier molecular flexibility index (Phi) is 10.8. The number of benzene rings is 2. The van der Waals surface area contributed by atoms with E-state index in [2.05, 4.69) is 32.2 Å². The van der Waals surface area contributed by atoms with E-state index in [1.165, 1.54) is 12.0 Å². The van der Waals surface area contributed by atoms with Crippen LogP contribution < -0.4 is 9.46 Å². The number of methoxy groups -OCH3 is 2. The van der Waals surface area contributed by atoms with Crippen molar-refractivity contribution in [3.8, 4) is 17.0 Å². The van der Waals surface area contributed by atoms with Gasteiger partial charge >= 0.3 is 0 Å². The zero-order chi connectivity index (χ0) is 38.3. The quantitative estimate of drug-likeness (QED) is 0.157. The van der Waals surface area contributed by atoms with E-state index in [1.54, 1.807) is 40.3 Å². The first-order valence-electron chi connectivity index (χ1n) is 19.4. The monoisotopic (exact) mass is 755 g/mol. The maximum absolute atomic E-state index is 14.5. The molecule has 0 bridgehead atoms. The summed E-state index contributed by atoms with van der Waals surface area (Å²) in [7, 11) is -0.530. The Morgan fingerprint density at radius 2 is 1.72 bits per heavy atom. The van der Waals surface area contributed by atoms with Crippen LogP contribution in [0.25, 0.3) is 33.8 Å². The number of fused-ring (bicyclic) bond motifs is 5. The van der Waals surface area contributed by atoms with Gasteiger partial charge < -0.3 is 18.9 Å². The Bertz CT molecular complexity index is 2200. The number of nitrogens with one attached hydrogen (secondary N) is 1. The second-order valence-corrected chi connectivity index (χ2v) is 17.8. The molecule has 2 aliphatic carbocycles. The molecule has 0 saturated heterocycles. The Hall–Kier alpha value is -4.42. The van der Waals surface area contributed by atoms with Gasteiger partial charge in [0.2, 0.25) is 10.0 Å². The van der Waals surface area contributed by atoms with E-state index in [4.69, 9.17) is 14.6 Å². The SMILES string of the molecule is COCCN(C(=O)c1cnn(C2CCC2)c1C1=Cc2cc(OC)ccc2-c2c(C3CCCCC3)c3ccc(C(=O)NS(=O)(=O)C(C)C)cc3n2C1)C(C)C. The summed E-state index contributed by atoms with van der Waals surface area (Å²) >= 11 is 0. The molecule has 1 N–H and O–H groups in total. The second-order valence-electron chi connectivity index (χ2n) is 15.6. The third-order valence-corrected chi connectivity index (χ3v) is 13.3. The van der Waals surface area contributed by atoms with Gasteiger partial charge in [-0.15, -0.1) is 0 Å². The van der Waals surface area contributed by atoms with Crippen molar-refractivity contribution in [2.24, 2.45) is 0 Å². The summed E-state index contributed by atoms with van der Waals surface area (Å²) in [6.45, 7) is 8.41. The number of amides is 2. The summed E-state index contributed by atoms with van der Waals surface area (Å²) in [4.78, 5) is 30.0. The van der Waals surface area contributed by atoms with Crippen molar-refractivity contribution in [1.29, 1.82) is 0 Å². The summed E-state index contributed by atoms with van der Waals surface area (Å²) in [6.07, 6.45) is 12.6. The van der Waals surface area contributed by atoms with Gasteiger partial charge in [-0.3, -0.25) is 14.3 Å². The van der Waals surface area contributed by atoms with Crippen LogP contribution in [0.2, 0.25) is 0 Å². The third kappa shape index (κ3) is 6.98. The molecule has 3 heterocycles. The summed E-state index contributed by atoms with van der Waals surface area (Å²) in [6, 6.07) is 11.9.